The van der Waals surface area contributed by atoms with Crippen LogP contribution in [-0.4, -0.2) is 29.2 Å². The molecule has 0 aliphatic heterocycles. The minimum atomic E-state index is -3.89. The number of hydrogen-bond acceptors (Lipinski definition) is 4. The molecule has 0 saturated heterocycles. The van der Waals surface area contributed by atoms with Gasteiger partial charge in [-0.05, 0) is 18.3 Å². The molecule has 1 saturated carbocycles. The van der Waals surface area contributed by atoms with E-state index in [0.717, 1.165) is 18.6 Å². The average molecular weight is 303 g/mol. The van der Waals surface area contributed by atoms with E-state index in [9.17, 15) is 12.8 Å². The zero-order chi connectivity index (χ0) is 14.9. The van der Waals surface area contributed by atoms with Crippen LogP contribution in [0.4, 0.5) is 4.39 Å². The van der Waals surface area contributed by atoms with E-state index in [2.05, 4.69) is 11.6 Å². The van der Waals surface area contributed by atoms with Crippen molar-refractivity contribution in [2.45, 2.75) is 18.2 Å². The number of methoxy groups -OCH3 is 2. The van der Waals surface area contributed by atoms with E-state index < -0.39 is 20.7 Å². The summed E-state index contributed by atoms with van der Waals surface area (Å²) in [7, 11) is -1.16. The number of sulfonamides is 1. The molecule has 1 fully saturated rings. The first-order valence-corrected chi connectivity index (χ1v) is 7.78. The lowest BCUT2D eigenvalue weighted by Crippen LogP contribution is -2.27. The van der Waals surface area contributed by atoms with Crippen LogP contribution in [0.5, 0.6) is 11.5 Å². The highest BCUT2D eigenvalue weighted by molar-refractivity contribution is 7.89. The van der Waals surface area contributed by atoms with E-state index in [0.29, 0.717) is 18.4 Å². The number of halogens is 1. The SMILES string of the molecule is COc1cc(F)c(S(=O)(=O)NC[C@H]2C[C@@H]2C)cc1OC. The highest BCUT2D eigenvalue weighted by Crippen LogP contribution is 2.37. The molecule has 20 heavy (non-hydrogen) atoms. The Bertz CT molecular complexity index is 603. The zero-order valence-electron chi connectivity index (χ0n) is 11.6. The monoisotopic (exact) mass is 303 g/mol. The van der Waals surface area contributed by atoms with Crippen LogP contribution in [0, 0.1) is 17.7 Å². The van der Waals surface area contributed by atoms with Crippen molar-refractivity contribution in [3.63, 3.8) is 0 Å². The molecular weight excluding hydrogens is 285 g/mol. The third kappa shape index (κ3) is 3.04. The van der Waals surface area contributed by atoms with E-state index in [1.807, 2.05) is 0 Å². The molecule has 0 spiro atoms. The topological polar surface area (TPSA) is 64.6 Å². The van der Waals surface area contributed by atoms with Crippen LogP contribution < -0.4 is 14.2 Å². The molecule has 1 aliphatic rings. The Balaban J connectivity index is 2.25. The molecule has 0 unspecified atom stereocenters. The van der Waals surface area contributed by atoms with Crippen LogP contribution in [0.25, 0.3) is 0 Å². The van der Waals surface area contributed by atoms with Gasteiger partial charge in [-0.3, -0.25) is 0 Å². The van der Waals surface area contributed by atoms with Gasteiger partial charge in [0.25, 0.3) is 0 Å². The molecule has 1 N–H and O–H groups in total. The van der Waals surface area contributed by atoms with Crippen LogP contribution in [0.1, 0.15) is 13.3 Å². The molecule has 0 heterocycles. The second-order valence-electron chi connectivity index (χ2n) is 4.96. The Morgan fingerprint density at radius 3 is 2.35 bits per heavy atom. The average Bonchev–Trinajstić information content (AvgIpc) is 3.12. The summed E-state index contributed by atoms with van der Waals surface area (Å²) in [4.78, 5) is -0.427. The first kappa shape index (κ1) is 15.1. The van der Waals surface area contributed by atoms with Gasteiger partial charge in [0.05, 0.1) is 14.2 Å². The first-order chi connectivity index (χ1) is 9.39. The summed E-state index contributed by atoms with van der Waals surface area (Å²) in [6.07, 6.45) is 0.997. The standard InChI is InChI=1S/C13H18FNO4S/c1-8-4-9(8)7-15-20(16,17)13-6-12(19-3)11(18-2)5-10(13)14/h5-6,8-9,15H,4,7H2,1-3H3/t8-,9+/m0/s1. The minimum Gasteiger partial charge on any atom is -0.493 e. The van der Waals surface area contributed by atoms with Crippen LogP contribution in [0.2, 0.25) is 0 Å². The third-order valence-electron chi connectivity index (χ3n) is 3.54. The van der Waals surface area contributed by atoms with Crippen molar-refractivity contribution >= 4 is 10.0 Å². The minimum absolute atomic E-state index is 0.153. The molecule has 1 aromatic rings. The summed E-state index contributed by atoms with van der Waals surface area (Å²) < 4.78 is 50.5. The quantitative estimate of drug-likeness (QED) is 0.870. The van der Waals surface area contributed by atoms with Crippen molar-refractivity contribution in [2.75, 3.05) is 20.8 Å². The molecule has 0 bridgehead atoms. The number of rotatable bonds is 6. The first-order valence-electron chi connectivity index (χ1n) is 6.30. The number of nitrogens with one attached hydrogen (secondary N) is 1. The lowest BCUT2D eigenvalue weighted by Gasteiger charge is -2.12. The van der Waals surface area contributed by atoms with Crippen molar-refractivity contribution in [2.24, 2.45) is 11.8 Å². The Morgan fingerprint density at radius 1 is 1.30 bits per heavy atom. The van der Waals surface area contributed by atoms with Gasteiger partial charge in [0.2, 0.25) is 10.0 Å². The van der Waals surface area contributed by atoms with Crippen LogP contribution in [-0.2, 0) is 10.0 Å². The zero-order valence-corrected chi connectivity index (χ0v) is 12.5. The van der Waals surface area contributed by atoms with Gasteiger partial charge in [0.15, 0.2) is 11.5 Å². The molecule has 2 atom stereocenters. The van der Waals surface area contributed by atoms with Crippen LogP contribution in [0.15, 0.2) is 17.0 Å². The summed E-state index contributed by atoms with van der Waals surface area (Å²) in [6.45, 7) is 2.38. The van der Waals surface area contributed by atoms with Crippen LogP contribution >= 0.6 is 0 Å². The normalized spacial score (nSPS) is 21.6. The number of ether oxygens (including phenoxy) is 2. The highest BCUT2D eigenvalue weighted by Gasteiger charge is 2.34. The maximum Gasteiger partial charge on any atom is 0.243 e. The maximum absolute atomic E-state index is 13.9. The van der Waals surface area contributed by atoms with E-state index in [-0.39, 0.29) is 11.5 Å². The highest BCUT2D eigenvalue weighted by atomic mass is 32.2. The second-order valence-corrected chi connectivity index (χ2v) is 6.70. The molecule has 5 nitrogen and oxygen atoms in total. The summed E-state index contributed by atoms with van der Waals surface area (Å²) >= 11 is 0. The van der Waals surface area contributed by atoms with Gasteiger partial charge in [-0.1, -0.05) is 6.92 Å². The van der Waals surface area contributed by atoms with Crippen molar-refractivity contribution in [3.05, 3.63) is 17.9 Å². The number of hydrogen-bond donors (Lipinski definition) is 1. The number of benzene rings is 1. The largest absolute Gasteiger partial charge is 0.493 e. The predicted molar refractivity (Wildman–Crippen MR) is 72.0 cm³/mol. The molecule has 112 valence electrons. The van der Waals surface area contributed by atoms with Gasteiger partial charge in [0.1, 0.15) is 10.7 Å². The van der Waals surface area contributed by atoms with Gasteiger partial charge in [0, 0.05) is 18.7 Å². The molecule has 7 heteroatoms. The van der Waals surface area contributed by atoms with E-state index in [1.165, 1.54) is 14.2 Å². The van der Waals surface area contributed by atoms with E-state index in [1.54, 1.807) is 0 Å². The Morgan fingerprint density at radius 2 is 1.85 bits per heavy atom. The molecule has 0 radical (unpaired) electrons. The Kier molecular flexibility index (Phi) is 4.19. The Hall–Kier alpha value is -1.34. The molecule has 1 aliphatic carbocycles. The van der Waals surface area contributed by atoms with Gasteiger partial charge in [-0.15, -0.1) is 0 Å². The summed E-state index contributed by atoms with van der Waals surface area (Å²) in [5, 5.41) is 0. The fourth-order valence-corrected chi connectivity index (χ4v) is 3.19. The fraction of sp³-hybridized carbons (Fsp3) is 0.538. The molecule has 0 aromatic heterocycles. The second kappa shape index (κ2) is 5.57. The smallest absolute Gasteiger partial charge is 0.243 e. The predicted octanol–water partition coefficient (Wildman–Crippen LogP) is 1.78. The molecule has 0 amide bonds. The van der Waals surface area contributed by atoms with E-state index in [4.69, 9.17) is 9.47 Å². The lowest BCUT2D eigenvalue weighted by atomic mass is 10.3. The van der Waals surface area contributed by atoms with Crippen molar-refractivity contribution in [1.82, 2.24) is 4.72 Å². The van der Waals surface area contributed by atoms with E-state index >= 15 is 0 Å². The summed E-state index contributed by atoms with van der Waals surface area (Å²) in [6, 6.07) is 2.14. The molecule has 1 aromatic carbocycles. The molecule has 2 rings (SSSR count). The van der Waals surface area contributed by atoms with Crippen molar-refractivity contribution < 1.29 is 22.3 Å². The molecular formula is C13H18FNO4S. The maximum atomic E-state index is 13.9. The van der Waals surface area contributed by atoms with Gasteiger partial charge >= 0.3 is 0 Å². The van der Waals surface area contributed by atoms with Crippen molar-refractivity contribution in [1.29, 1.82) is 0 Å². The van der Waals surface area contributed by atoms with Gasteiger partial charge < -0.3 is 9.47 Å². The van der Waals surface area contributed by atoms with Crippen molar-refractivity contribution in [3.8, 4) is 11.5 Å². The lowest BCUT2D eigenvalue weighted by molar-refractivity contribution is 0.350. The van der Waals surface area contributed by atoms with Gasteiger partial charge in [-0.2, -0.15) is 0 Å². The third-order valence-corrected chi connectivity index (χ3v) is 4.98. The van der Waals surface area contributed by atoms with Gasteiger partial charge in [-0.25, -0.2) is 17.5 Å². The summed E-state index contributed by atoms with van der Waals surface area (Å²) in [5.74, 6) is 0.328. The summed E-state index contributed by atoms with van der Waals surface area (Å²) in [5.41, 5.74) is 0. The fourth-order valence-electron chi connectivity index (χ4n) is 2.02. The Labute approximate surface area is 118 Å². The van der Waals surface area contributed by atoms with Crippen LogP contribution in [0.3, 0.4) is 0 Å².